The number of unbranched alkanes of at least 4 members (excludes halogenated alkanes) is 7. The van der Waals surface area contributed by atoms with Gasteiger partial charge in [-0.3, -0.25) is 0 Å². The van der Waals surface area contributed by atoms with E-state index in [-0.39, 0.29) is 0 Å². The quantitative estimate of drug-likeness (QED) is 0.337. The molecule has 0 amide bonds. The Morgan fingerprint density at radius 2 is 1.72 bits per heavy atom. The minimum Gasteiger partial charge on any atom is -0.327 e. The predicted molar refractivity (Wildman–Crippen MR) is 109 cm³/mol. The van der Waals surface area contributed by atoms with E-state index in [0.717, 1.165) is 13.2 Å². The fourth-order valence-corrected chi connectivity index (χ4v) is 6.27. The Morgan fingerprint density at radius 3 is 2.48 bits per heavy atom. The van der Waals surface area contributed by atoms with Crippen molar-refractivity contribution in [1.82, 2.24) is 4.67 Å². The molecule has 1 aromatic carbocycles. The lowest BCUT2D eigenvalue weighted by Gasteiger charge is -2.29. The summed E-state index contributed by atoms with van der Waals surface area (Å²) in [5.41, 5.74) is 1.33. The maximum Gasteiger partial charge on any atom is 0.218 e. The lowest BCUT2D eigenvalue weighted by Crippen LogP contribution is -2.20. The zero-order chi connectivity index (χ0) is 17.3. The number of anilines is 1. The Hall–Kier alpha value is -0.630. The summed E-state index contributed by atoms with van der Waals surface area (Å²) in [7, 11) is -0.591. The molecule has 0 spiro atoms. The van der Waals surface area contributed by atoms with Gasteiger partial charge in [0, 0.05) is 24.8 Å². The van der Waals surface area contributed by atoms with E-state index in [1.54, 1.807) is 0 Å². The number of hydrogen-bond acceptors (Lipinski definition) is 3. The smallest absolute Gasteiger partial charge is 0.218 e. The number of fused-ring (bicyclic) bond motifs is 1. The van der Waals surface area contributed by atoms with Gasteiger partial charge in [-0.25, -0.2) is 4.67 Å². The molecule has 0 N–H and O–H groups in total. The average molecular weight is 362 g/mol. The van der Waals surface area contributed by atoms with Crippen molar-refractivity contribution in [3.8, 4) is 0 Å². The molecule has 25 heavy (non-hydrogen) atoms. The van der Waals surface area contributed by atoms with Gasteiger partial charge in [-0.05, 0) is 31.4 Å². The molecule has 2 aliphatic heterocycles. The van der Waals surface area contributed by atoms with Crippen LogP contribution in [-0.4, -0.2) is 30.4 Å². The van der Waals surface area contributed by atoms with E-state index in [1.807, 2.05) is 0 Å². The van der Waals surface area contributed by atoms with Crippen molar-refractivity contribution in [2.45, 2.75) is 77.2 Å². The summed E-state index contributed by atoms with van der Waals surface area (Å²) in [6.45, 7) is 5.57. The third-order valence-corrected chi connectivity index (χ3v) is 7.60. The molecule has 2 saturated heterocycles. The van der Waals surface area contributed by atoms with E-state index in [2.05, 4.69) is 46.6 Å². The van der Waals surface area contributed by atoms with E-state index < -0.39 is 8.45 Å². The first-order valence-electron chi connectivity index (χ1n) is 10.4. The molecular weight excluding hydrogens is 327 g/mol. The molecule has 2 heterocycles. The summed E-state index contributed by atoms with van der Waals surface area (Å²) < 4.78 is 11.6. The van der Waals surface area contributed by atoms with Gasteiger partial charge in [0.1, 0.15) is 0 Å². The molecule has 140 valence electrons. The van der Waals surface area contributed by atoms with Gasteiger partial charge in [-0.15, -0.1) is 0 Å². The maximum atomic E-state index is 6.45. The first kappa shape index (κ1) is 19.1. The second-order valence-electron chi connectivity index (χ2n) is 7.44. The second-order valence-corrected chi connectivity index (χ2v) is 9.20. The average Bonchev–Trinajstić information content (AvgIpc) is 3.23. The number of hydrogen-bond donors (Lipinski definition) is 0. The van der Waals surface area contributed by atoms with Crippen LogP contribution in [0.3, 0.4) is 0 Å². The summed E-state index contributed by atoms with van der Waals surface area (Å²) in [5, 5.41) is 0. The molecule has 1 unspecified atom stereocenters. The topological polar surface area (TPSA) is 15.7 Å². The van der Waals surface area contributed by atoms with Crippen LogP contribution in [0.5, 0.6) is 0 Å². The molecule has 3 nitrogen and oxygen atoms in total. The highest BCUT2D eigenvalue weighted by atomic mass is 31.2. The Bertz CT molecular complexity index is 484. The van der Waals surface area contributed by atoms with Gasteiger partial charge in [0.2, 0.25) is 8.45 Å². The van der Waals surface area contributed by atoms with Crippen molar-refractivity contribution < 1.29 is 4.52 Å². The minimum atomic E-state index is -0.591. The zero-order valence-electron chi connectivity index (χ0n) is 15.9. The van der Waals surface area contributed by atoms with Gasteiger partial charge in [0.15, 0.2) is 0 Å². The van der Waals surface area contributed by atoms with Crippen molar-refractivity contribution in [2.24, 2.45) is 0 Å². The summed E-state index contributed by atoms with van der Waals surface area (Å²) >= 11 is 0. The summed E-state index contributed by atoms with van der Waals surface area (Å²) in [4.78, 5) is 0. The van der Waals surface area contributed by atoms with Crippen LogP contribution in [0.1, 0.15) is 71.1 Å². The van der Waals surface area contributed by atoms with Crippen molar-refractivity contribution in [3.63, 3.8) is 0 Å². The van der Waals surface area contributed by atoms with Gasteiger partial charge in [-0.1, -0.05) is 70.1 Å². The van der Waals surface area contributed by atoms with Crippen LogP contribution >= 0.6 is 8.45 Å². The molecule has 0 saturated carbocycles. The Labute approximate surface area is 155 Å². The maximum absolute atomic E-state index is 6.45. The van der Waals surface area contributed by atoms with Crippen LogP contribution in [0.15, 0.2) is 30.3 Å². The van der Waals surface area contributed by atoms with Crippen molar-refractivity contribution in [2.75, 3.05) is 24.4 Å². The van der Waals surface area contributed by atoms with E-state index in [1.165, 1.54) is 76.4 Å². The molecular formula is C21H35N2OP. The second kappa shape index (κ2) is 10.5. The highest BCUT2D eigenvalue weighted by Gasteiger charge is 2.43. The summed E-state index contributed by atoms with van der Waals surface area (Å²) in [5.74, 6) is 0. The van der Waals surface area contributed by atoms with Gasteiger partial charge in [0.25, 0.3) is 0 Å². The molecule has 0 aromatic heterocycles. The van der Waals surface area contributed by atoms with Crippen LogP contribution in [0.2, 0.25) is 0 Å². The number of rotatable bonds is 11. The van der Waals surface area contributed by atoms with Gasteiger partial charge >= 0.3 is 0 Å². The lowest BCUT2D eigenvalue weighted by atomic mass is 10.1. The third-order valence-electron chi connectivity index (χ3n) is 5.41. The standard InChI is InChI=1S/C21H35N2OP/c1-2-3-4-5-6-7-8-12-18-24-25-22-17-13-16-21(22)19-23(25)20-14-10-9-11-15-20/h9-11,14-15,21H,2-8,12-13,16-19H2,1H3/t21-,25?/m0/s1. The molecule has 2 fully saturated rings. The highest BCUT2D eigenvalue weighted by Crippen LogP contribution is 2.56. The van der Waals surface area contributed by atoms with Crippen LogP contribution in [0, 0.1) is 0 Å². The normalized spacial score (nSPS) is 23.3. The molecule has 4 heteroatoms. The van der Waals surface area contributed by atoms with Crippen molar-refractivity contribution >= 4 is 14.1 Å². The van der Waals surface area contributed by atoms with E-state index in [0.29, 0.717) is 6.04 Å². The molecule has 3 rings (SSSR count). The van der Waals surface area contributed by atoms with Crippen molar-refractivity contribution in [1.29, 1.82) is 0 Å². The number of nitrogens with zero attached hydrogens (tertiary/aromatic N) is 2. The van der Waals surface area contributed by atoms with E-state index in [4.69, 9.17) is 4.52 Å². The SMILES string of the molecule is CCCCCCCCCCOP1N(c2ccccc2)C[C@@H]2CCCN21. The van der Waals surface area contributed by atoms with Gasteiger partial charge in [-0.2, -0.15) is 0 Å². The first-order chi connectivity index (χ1) is 12.4. The monoisotopic (exact) mass is 362 g/mol. The summed E-state index contributed by atoms with van der Waals surface area (Å²) in [6, 6.07) is 11.6. The Kier molecular flexibility index (Phi) is 8.04. The predicted octanol–water partition coefficient (Wildman–Crippen LogP) is 6.36. The molecule has 2 aliphatic rings. The molecule has 0 radical (unpaired) electrons. The van der Waals surface area contributed by atoms with Crippen LogP contribution in [-0.2, 0) is 4.52 Å². The minimum absolute atomic E-state index is 0.591. The number of benzene rings is 1. The molecule has 0 bridgehead atoms. The zero-order valence-corrected chi connectivity index (χ0v) is 16.8. The molecule has 0 aliphatic carbocycles. The van der Waals surface area contributed by atoms with Gasteiger partial charge in [0.05, 0.1) is 6.61 Å². The van der Waals surface area contributed by atoms with E-state index >= 15 is 0 Å². The lowest BCUT2D eigenvalue weighted by molar-refractivity contribution is 0.304. The van der Waals surface area contributed by atoms with Crippen molar-refractivity contribution in [3.05, 3.63) is 30.3 Å². The van der Waals surface area contributed by atoms with Crippen LogP contribution < -0.4 is 4.67 Å². The van der Waals surface area contributed by atoms with E-state index in [9.17, 15) is 0 Å². The summed E-state index contributed by atoms with van der Waals surface area (Å²) in [6.07, 6.45) is 13.6. The van der Waals surface area contributed by atoms with Crippen LogP contribution in [0.4, 0.5) is 5.69 Å². The fraction of sp³-hybridized carbons (Fsp3) is 0.714. The third kappa shape index (κ3) is 5.42. The van der Waals surface area contributed by atoms with Gasteiger partial charge < -0.3 is 9.19 Å². The number of para-hydroxylation sites is 1. The molecule has 2 atom stereocenters. The fourth-order valence-electron chi connectivity index (χ4n) is 3.97. The largest absolute Gasteiger partial charge is 0.327 e. The highest BCUT2D eigenvalue weighted by molar-refractivity contribution is 7.52. The Morgan fingerprint density at radius 1 is 1.00 bits per heavy atom. The first-order valence-corrected chi connectivity index (χ1v) is 11.6. The van der Waals surface area contributed by atoms with Crippen LogP contribution in [0.25, 0.3) is 0 Å². The Balaban J connectivity index is 1.40. The molecule has 1 aromatic rings.